The molecule has 7 nitrogen and oxygen atoms in total. The van der Waals surface area contributed by atoms with Crippen LogP contribution in [0, 0.1) is 0 Å². The highest BCUT2D eigenvalue weighted by Gasteiger charge is 2.17. The molecule has 2 rings (SSSR count). The lowest BCUT2D eigenvalue weighted by molar-refractivity contribution is 0.175. The summed E-state index contributed by atoms with van der Waals surface area (Å²) in [6, 6.07) is 1.43. The van der Waals surface area contributed by atoms with Crippen molar-refractivity contribution in [3.8, 4) is 0 Å². The molecule has 1 aliphatic rings. The molecule has 2 atom stereocenters. The van der Waals surface area contributed by atoms with Crippen LogP contribution in [0.25, 0.3) is 11.8 Å². The average Bonchev–Trinajstić information content (AvgIpc) is 3.20. The molecule has 1 aromatic rings. The lowest BCUT2D eigenvalue weighted by atomic mass is 10.0. The van der Waals surface area contributed by atoms with Crippen LogP contribution in [0.1, 0.15) is 71.5 Å². The van der Waals surface area contributed by atoms with Gasteiger partial charge >= 0.3 is 6.09 Å². The van der Waals surface area contributed by atoms with Crippen molar-refractivity contribution in [2.75, 3.05) is 7.11 Å². The predicted octanol–water partition coefficient (Wildman–Crippen LogP) is 4.78. The van der Waals surface area contributed by atoms with Crippen LogP contribution >= 0.6 is 0 Å². The van der Waals surface area contributed by atoms with Crippen LogP contribution in [0.4, 0.5) is 4.79 Å². The summed E-state index contributed by atoms with van der Waals surface area (Å²) >= 11 is 0. The fourth-order valence-corrected chi connectivity index (χ4v) is 3.78. The Morgan fingerprint density at radius 3 is 2.70 bits per heavy atom. The van der Waals surface area contributed by atoms with Gasteiger partial charge < -0.3 is 19.4 Å². The molecule has 1 heterocycles. The molecule has 7 heteroatoms. The van der Waals surface area contributed by atoms with E-state index in [0.717, 1.165) is 17.6 Å². The zero-order valence-electron chi connectivity index (χ0n) is 22.4. The monoisotopic (exact) mass is 509 g/mol. The lowest BCUT2D eigenvalue weighted by Gasteiger charge is -2.11. The molecular weight excluding hydrogens is 470 g/mol. The van der Waals surface area contributed by atoms with Crippen molar-refractivity contribution in [1.29, 1.82) is 0 Å². The number of nitrogens with one attached hydrogen (secondary N) is 1. The molecule has 1 aliphatic carbocycles. The highest BCUT2D eigenvalue weighted by atomic mass is 16.5. The third-order valence-electron chi connectivity index (χ3n) is 6.24. The van der Waals surface area contributed by atoms with Gasteiger partial charge in [-0.2, -0.15) is 0 Å². The maximum atomic E-state index is 12.7. The number of hydrogen-bond donors (Lipinski definition) is 3. The molecule has 0 radical (unpaired) electrons. The number of aliphatic hydroxyl groups excluding tert-OH is 2. The Labute approximate surface area is 218 Å². The number of amides is 1. The SMILES string of the molecule is C/C=C/C/C=C(\C)C(O)CC/C(C)=C/C=C1\C=c2oc(C(C)CC/C=C/NC(=O)OC)cc(=O)c2=C1O. The van der Waals surface area contributed by atoms with E-state index in [9.17, 15) is 19.8 Å². The minimum atomic E-state index is -0.532. The van der Waals surface area contributed by atoms with E-state index in [0.29, 0.717) is 42.4 Å². The maximum absolute atomic E-state index is 12.7. The first-order valence-electron chi connectivity index (χ1n) is 12.6. The fourth-order valence-electron chi connectivity index (χ4n) is 3.78. The van der Waals surface area contributed by atoms with Gasteiger partial charge in [0.1, 0.15) is 22.2 Å². The van der Waals surface area contributed by atoms with Crippen molar-refractivity contribution < 1.29 is 24.2 Å². The summed E-state index contributed by atoms with van der Waals surface area (Å²) in [5.41, 5.74) is 2.59. The predicted molar refractivity (Wildman–Crippen MR) is 147 cm³/mol. The van der Waals surface area contributed by atoms with Crippen LogP contribution in [0.15, 0.2) is 74.7 Å². The largest absolute Gasteiger partial charge is 0.506 e. The van der Waals surface area contributed by atoms with Crippen LogP contribution in [0.5, 0.6) is 0 Å². The number of alkyl carbamates (subject to hydrolysis) is 1. The minimum Gasteiger partial charge on any atom is -0.506 e. The molecule has 37 heavy (non-hydrogen) atoms. The number of methoxy groups -OCH3 is 1. The van der Waals surface area contributed by atoms with Crippen LogP contribution in [0.2, 0.25) is 0 Å². The van der Waals surface area contributed by atoms with Gasteiger partial charge in [-0.15, -0.1) is 0 Å². The molecule has 1 aromatic heterocycles. The van der Waals surface area contributed by atoms with Gasteiger partial charge in [0.05, 0.1) is 13.2 Å². The quantitative estimate of drug-likeness (QED) is 0.350. The van der Waals surface area contributed by atoms with Gasteiger partial charge in [-0.25, -0.2) is 4.79 Å². The van der Waals surface area contributed by atoms with Gasteiger partial charge in [0.15, 0.2) is 5.43 Å². The number of carbonyl (C=O) groups excluding carboxylic acids is 1. The Kier molecular flexibility index (Phi) is 11.9. The molecule has 0 saturated heterocycles. The van der Waals surface area contributed by atoms with Crippen molar-refractivity contribution >= 4 is 17.9 Å². The Bertz CT molecular complexity index is 1280. The molecule has 0 aliphatic heterocycles. The number of rotatable bonds is 12. The first-order chi connectivity index (χ1) is 17.7. The summed E-state index contributed by atoms with van der Waals surface area (Å²) in [7, 11) is 1.30. The number of hydrogen-bond acceptors (Lipinski definition) is 6. The Morgan fingerprint density at radius 1 is 1.24 bits per heavy atom. The van der Waals surface area contributed by atoms with E-state index in [2.05, 4.69) is 10.1 Å². The molecule has 0 spiro atoms. The maximum Gasteiger partial charge on any atom is 0.410 e. The molecular formula is C30H39NO6. The van der Waals surface area contributed by atoms with Gasteiger partial charge in [-0.3, -0.25) is 10.1 Å². The van der Waals surface area contributed by atoms with Crippen molar-refractivity contribution in [1.82, 2.24) is 5.32 Å². The zero-order chi connectivity index (χ0) is 27.4. The summed E-state index contributed by atoms with van der Waals surface area (Å²) in [6.45, 7) is 7.84. The number of carbonyl (C=O) groups is 1. The Balaban J connectivity index is 2.08. The molecule has 0 bridgehead atoms. The summed E-state index contributed by atoms with van der Waals surface area (Å²) in [4.78, 5) is 23.8. The molecule has 1 amide bonds. The smallest absolute Gasteiger partial charge is 0.410 e. The van der Waals surface area contributed by atoms with E-state index in [1.165, 1.54) is 19.4 Å². The third kappa shape index (κ3) is 9.10. The molecule has 2 unspecified atom stereocenters. The van der Waals surface area contributed by atoms with Crippen LogP contribution in [-0.4, -0.2) is 29.5 Å². The Hall–Kier alpha value is -3.58. The van der Waals surface area contributed by atoms with E-state index in [1.807, 2.05) is 52.0 Å². The summed E-state index contributed by atoms with van der Waals surface area (Å²) in [5.74, 6) is 0.418. The standard InChI is InChI=1S/C30H39NO6/c1-6-7-8-11-21(3)24(32)16-14-20(2)13-15-23-18-27-28(29(23)34)25(33)19-26(37-27)22(4)12-9-10-17-31-30(35)36-5/h6-7,10-11,13,15,17-19,22,24,32,34H,8-9,12,14,16H2,1-5H3,(H,31,35)/b7-6+,17-10+,20-13+,21-11+,23-15+. The van der Waals surface area contributed by atoms with E-state index in [-0.39, 0.29) is 22.3 Å². The number of ether oxygens (including phenoxy) is 1. The first-order valence-corrected chi connectivity index (χ1v) is 12.6. The highest BCUT2D eigenvalue weighted by Crippen LogP contribution is 2.20. The first kappa shape index (κ1) is 29.6. The number of allylic oxidation sites excluding steroid dienone is 7. The van der Waals surface area contributed by atoms with Crippen molar-refractivity contribution in [2.24, 2.45) is 0 Å². The highest BCUT2D eigenvalue weighted by molar-refractivity contribution is 5.76. The van der Waals surface area contributed by atoms with E-state index < -0.39 is 12.2 Å². The van der Waals surface area contributed by atoms with Crippen molar-refractivity contribution in [3.63, 3.8) is 0 Å². The summed E-state index contributed by atoms with van der Waals surface area (Å²) in [5, 5.41) is 23.6. The third-order valence-corrected chi connectivity index (χ3v) is 6.24. The number of fused-ring (bicyclic) bond motifs is 1. The zero-order valence-corrected chi connectivity index (χ0v) is 22.4. The van der Waals surface area contributed by atoms with Crippen LogP contribution < -0.4 is 21.4 Å². The number of aliphatic hydroxyl groups is 2. The van der Waals surface area contributed by atoms with Gasteiger partial charge in [-0.1, -0.05) is 49.0 Å². The van der Waals surface area contributed by atoms with E-state index in [4.69, 9.17) is 4.42 Å². The second kappa shape index (κ2) is 14.9. The van der Waals surface area contributed by atoms with Crippen LogP contribution in [0.3, 0.4) is 0 Å². The van der Waals surface area contributed by atoms with Crippen molar-refractivity contribution in [2.45, 2.75) is 71.8 Å². The fraction of sp³-hybridized carbons (Fsp3) is 0.400. The lowest BCUT2D eigenvalue weighted by Crippen LogP contribution is -2.38. The summed E-state index contributed by atoms with van der Waals surface area (Å²) in [6.07, 6.45) is 17.2. The molecule has 200 valence electrons. The average molecular weight is 510 g/mol. The van der Waals surface area contributed by atoms with Crippen LogP contribution in [-0.2, 0) is 4.74 Å². The van der Waals surface area contributed by atoms with Gasteiger partial charge in [0.2, 0.25) is 0 Å². The topological polar surface area (TPSA) is 109 Å². The Morgan fingerprint density at radius 2 is 2.00 bits per heavy atom. The van der Waals surface area contributed by atoms with E-state index >= 15 is 0 Å². The normalized spacial score (nSPS) is 16.8. The second-order valence-electron chi connectivity index (χ2n) is 9.20. The minimum absolute atomic E-state index is 0.0339. The summed E-state index contributed by atoms with van der Waals surface area (Å²) < 4.78 is 10.5. The second-order valence-corrected chi connectivity index (χ2v) is 9.20. The van der Waals surface area contributed by atoms with Crippen molar-refractivity contribution in [3.05, 3.63) is 92.1 Å². The van der Waals surface area contributed by atoms with Gasteiger partial charge in [0.25, 0.3) is 0 Å². The van der Waals surface area contributed by atoms with Gasteiger partial charge in [-0.05, 0) is 64.5 Å². The molecule has 0 fully saturated rings. The molecule has 0 aromatic carbocycles. The molecule has 0 saturated carbocycles. The van der Waals surface area contributed by atoms with E-state index in [1.54, 1.807) is 18.2 Å². The van der Waals surface area contributed by atoms with Gasteiger partial charge in [0, 0.05) is 23.8 Å². The molecule has 3 N–H and O–H groups in total.